The van der Waals surface area contributed by atoms with E-state index in [9.17, 15) is 14.4 Å². The number of hydrogen-bond donors (Lipinski definition) is 3. The SMILES string of the molecule is CCOC(=O)c1cc2c(NC(=O)c3cccnc3)nn(C(=O)CCN)c2nc1N. The van der Waals surface area contributed by atoms with Gasteiger partial charge in [-0.15, -0.1) is 5.10 Å². The third kappa shape index (κ3) is 4.04. The van der Waals surface area contributed by atoms with Crippen LogP contribution >= 0.6 is 0 Å². The van der Waals surface area contributed by atoms with E-state index in [1.54, 1.807) is 19.1 Å². The first-order chi connectivity index (χ1) is 14.0. The van der Waals surface area contributed by atoms with Crippen LogP contribution in [-0.2, 0) is 4.74 Å². The van der Waals surface area contributed by atoms with E-state index in [2.05, 4.69) is 20.4 Å². The number of carbonyl (C=O) groups excluding carboxylic acids is 3. The minimum atomic E-state index is -0.676. The van der Waals surface area contributed by atoms with Gasteiger partial charge >= 0.3 is 5.97 Å². The number of anilines is 2. The summed E-state index contributed by atoms with van der Waals surface area (Å²) < 4.78 is 5.98. The van der Waals surface area contributed by atoms with E-state index in [1.165, 1.54) is 18.5 Å². The first-order valence-corrected chi connectivity index (χ1v) is 8.77. The van der Waals surface area contributed by atoms with Gasteiger partial charge in [-0.2, -0.15) is 4.68 Å². The van der Waals surface area contributed by atoms with Crippen molar-refractivity contribution >= 4 is 40.5 Å². The zero-order chi connectivity index (χ0) is 21.0. The molecule has 0 spiro atoms. The highest BCUT2D eigenvalue weighted by Gasteiger charge is 2.23. The van der Waals surface area contributed by atoms with Gasteiger partial charge in [0.25, 0.3) is 5.91 Å². The van der Waals surface area contributed by atoms with E-state index in [0.29, 0.717) is 0 Å². The second-order valence-electron chi connectivity index (χ2n) is 5.90. The highest BCUT2D eigenvalue weighted by molar-refractivity contribution is 6.10. The first kappa shape index (κ1) is 19.9. The molecule has 0 aromatic carbocycles. The number of rotatable bonds is 6. The number of fused-ring (bicyclic) bond motifs is 1. The van der Waals surface area contributed by atoms with Crippen LogP contribution in [0.2, 0.25) is 0 Å². The third-order valence-corrected chi connectivity index (χ3v) is 3.93. The predicted octanol–water partition coefficient (Wildman–Crippen LogP) is 0.826. The molecule has 3 aromatic heterocycles. The topological polar surface area (TPSA) is 168 Å². The average molecular weight is 397 g/mol. The zero-order valence-electron chi connectivity index (χ0n) is 15.6. The maximum Gasteiger partial charge on any atom is 0.341 e. The number of aromatic nitrogens is 4. The lowest BCUT2D eigenvalue weighted by Gasteiger charge is -2.06. The molecule has 29 heavy (non-hydrogen) atoms. The number of nitrogens with two attached hydrogens (primary N) is 2. The van der Waals surface area contributed by atoms with Gasteiger partial charge in [-0.25, -0.2) is 9.78 Å². The van der Waals surface area contributed by atoms with Gasteiger partial charge in [0, 0.05) is 25.4 Å². The molecule has 0 aliphatic carbocycles. The standard InChI is InChI=1S/C18H19N7O4/c1-2-29-18(28)11-8-12-15(23-17(27)10-4-3-7-21-9-10)24-25(13(26)5-6-19)16(12)22-14(11)20/h3-4,7-9H,2,5-6,19H2,1H3,(H2,20,22)(H,23,24,27). The summed E-state index contributed by atoms with van der Waals surface area (Å²) in [5, 5.41) is 7.01. The van der Waals surface area contributed by atoms with Crippen molar-refractivity contribution in [3.63, 3.8) is 0 Å². The summed E-state index contributed by atoms with van der Waals surface area (Å²) >= 11 is 0. The summed E-state index contributed by atoms with van der Waals surface area (Å²) in [6, 6.07) is 4.56. The van der Waals surface area contributed by atoms with Crippen LogP contribution < -0.4 is 16.8 Å². The summed E-state index contributed by atoms with van der Waals surface area (Å²) in [7, 11) is 0. The summed E-state index contributed by atoms with van der Waals surface area (Å²) in [6.45, 7) is 1.91. The van der Waals surface area contributed by atoms with Crippen LogP contribution in [0.3, 0.4) is 0 Å². The maximum absolute atomic E-state index is 12.5. The molecule has 0 saturated carbocycles. The van der Waals surface area contributed by atoms with E-state index >= 15 is 0 Å². The molecule has 5 N–H and O–H groups in total. The number of nitrogens with zero attached hydrogens (tertiary/aromatic N) is 4. The van der Waals surface area contributed by atoms with Crippen molar-refractivity contribution in [2.75, 3.05) is 24.2 Å². The summed E-state index contributed by atoms with van der Waals surface area (Å²) in [5.74, 6) is -1.69. The molecule has 0 bridgehead atoms. The van der Waals surface area contributed by atoms with Crippen molar-refractivity contribution in [1.29, 1.82) is 0 Å². The molecule has 0 aliphatic heterocycles. The Balaban J connectivity index is 2.11. The molecule has 3 aromatic rings. The van der Waals surface area contributed by atoms with Crippen LogP contribution in [0.1, 0.15) is 38.9 Å². The molecule has 0 unspecified atom stereocenters. The minimum absolute atomic E-state index is 0.00190. The highest BCUT2D eigenvalue weighted by Crippen LogP contribution is 2.26. The smallest absolute Gasteiger partial charge is 0.341 e. The minimum Gasteiger partial charge on any atom is -0.462 e. The van der Waals surface area contributed by atoms with Crippen LogP contribution in [0.4, 0.5) is 11.6 Å². The van der Waals surface area contributed by atoms with Gasteiger partial charge in [0.1, 0.15) is 11.4 Å². The number of amides is 1. The molecule has 3 rings (SSSR count). The third-order valence-electron chi connectivity index (χ3n) is 3.93. The number of nitrogen functional groups attached to an aromatic ring is 1. The number of pyridine rings is 2. The molecule has 11 nitrogen and oxygen atoms in total. The quantitative estimate of drug-likeness (QED) is 0.510. The lowest BCUT2D eigenvalue weighted by Crippen LogP contribution is -2.18. The van der Waals surface area contributed by atoms with Crippen molar-refractivity contribution in [2.45, 2.75) is 13.3 Å². The molecule has 1 amide bonds. The normalized spacial score (nSPS) is 10.7. The molecule has 150 valence electrons. The van der Waals surface area contributed by atoms with Crippen LogP contribution in [-0.4, -0.2) is 50.7 Å². The van der Waals surface area contributed by atoms with Crippen molar-refractivity contribution in [3.8, 4) is 0 Å². The Morgan fingerprint density at radius 1 is 1.31 bits per heavy atom. The van der Waals surface area contributed by atoms with Gasteiger partial charge in [0.05, 0.1) is 17.6 Å². The van der Waals surface area contributed by atoms with Gasteiger partial charge in [-0.05, 0) is 25.1 Å². The number of nitrogens with one attached hydrogen (secondary N) is 1. The highest BCUT2D eigenvalue weighted by atomic mass is 16.5. The van der Waals surface area contributed by atoms with Crippen molar-refractivity contribution in [1.82, 2.24) is 19.7 Å². The lowest BCUT2D eigenvalue weighted by atomic mass is 10.2. The fourth-order valence-corrected chi connectivity index (χ4v) is 2.60. The molecule has 0 aliphatic rings. The molecule has 0 saturated heterocycles. The molecular weight excluding hydrogens is 378 g/mol. The second-order valence-corrected chi connectivity index (χ2v) is 5.90. The van der Waals surface area contributed by atoms with Gasteiger partial charge in [0.15, 0.2) is 11.5 Å². The maximum atomic E-state index is 12.5. The number of ether oxygens (including phenoxy) is 1. The average Bonchev–Trinajstić information content (AvgIpc) is 3.05. The Hall–Kier alpha value is -3.86. The Labute approximate surface area is 165 Å². The van der Waals surface area contributed by atoms with E-state index in [-0.39, 0.29) is 53.4 Å². The van der Waals surface area contributed by atoms with Gasteiger partial charge in [-0.3, -0.25) is 14.6 Å². The number of hydrogen-bond acceptors (Lipinski definition) is 9. The molecule has 3 heterocycles. The van der Waals surface area contributed by atoms with Gasteiger partial charge in [-0.1, -0.05) is 0 Å². The van der Waals surface area contributed by atoms with E-state index in [0.717, 1.165) is 4.68 Å². The van der Waals surface area contributed by atoms with E-state index < -0.39 is 17.8 Å². The van der Waals surface area contributed by atoms with Gasteiger partial charge in [0.2, 0.25) is 5.91 Å². The largest absolute Gasteiger partial charge is 0.462 e. The van der Waals surface area contributed by atoms with Crippen LogP contribution in [0.15, 0.2) is 30.6 Å². The Kier molecular flexibility index (Phi) is 5.79. The zero-order valence-corrected chi connectivity index (χ0v) is 15.6. The molecule has 11 heteroatoms. The number of esters is 1. The predicted molar refractivity (Wildman–Crippen MR) is 104 cm³/mol. The summed E-state index contributed by atoms with van der Waals surface area (Å²) in [6.07, 6.45) is 2.92. The van der Waals surface area contributed by atoms with Crippen molar-refractivity contribution in [3.05, 3.63) is 41.7 Å². The Morgan fingerprint density at radius 2 is 2.10 bits per heavy atom. The fraction of sp³-hybridized carbons (Fsp3) is 0.222. The number of carbonyl (C=O) groups is 3. The van der Waals surface area contributed by atoms with E-state index in [1.807, 2.05) is 0 Å². The van der Waals surface area contributed by atoms with Crippen LogP contribution in [0.25, 0.3) is 11.0 Å². The lowest BCUT2D eigenvalue weighted by molar-refractivity contribution is 0.0527. The Morgan fingerprint density at radius 3 is 2.76 bits per heavy atom. The second kappa shape index (κ2) is 8.44. The molecule has 0 radical (unpaired) electrons. The summed E-state index contributed by atoms with van der Waals surface area (Å²) in [4.78, 5) is 45.1. The van der Waals surface area contributed by atoms with Crippen LogP contribution in [0.5, 0.6) is 0 Å². The fourth-order valence-electron chi connectivity index (χ4n) is 2.60. The van der Waals surface area contributed by atoms with Crippen molar-refractivity contribution in [2.24, 2.45) is 5.73 Å². The molecule has 0 atom stereocenters. The first-order valence-electron chi connectivity index (χ1n) is 8.77. The van der Waals surface area contributed by atoms with E-state index in [4.69, 9.17) is 16.2 Å². The summed E-state index contributed by atoms with van der Waals surface area (Å²) in [5.41, 5.74) is 11.7. The molecule has 0 fully saturated rings. The van der Waals surface area contributed by atoms with Crippen LogP contribution in [0, 0.1) is 0 Å². The Bertz CT molecular complexity index is 1080. The van der Waals surface area contributed by atoms with Crippen molar-refractivity contribution < 1.29 is 19.1 Å². The monoisotopic (exact) mass is 397 g/mol. The van der Waals surface area contributed by atoms with Gasteiger partial charge < -0.3 is 21.5 Å². The molecular formula is C18H19N7O4.